The number of carbonyl (C=O) groups is 1. The minimum Gasteiger partial charge on any atom is -0.442 e. The predicted molar refractivity (Wildman–Crippen MR) is 126 cm³/mol. The van der Waals surface area contributed by atoms with Crippen molar-refractivity contribution >= 4 is 23.3 Å². The normalized spacial score (nSPS) is 24.6. The monoisotopic (exact) mass is 556 g/mol. The van der Waals surface area contributed by atoms with E-state index in [9.17, 15) is 31.1 Å². The van der Waals surface area contributed by atoms with Gasteiger partial charge in [-0.2, -0.15) is 26.3 Å². The molecule has 2 unspecified atom stereocenters. The summed E-state index contributed by atoms with van der Waals surface area (Å²) in [5.74, 6) is -0.976. The highest BCUT2D eigenvalue weighted by molar-refractivity contribution is 6.30. The molecule has 2 N–H and O–H groups in total. The number of piperidine rings is 1. The first-order valence-corrected chi connectivity index (χ1v) is 12.9. The van der Waals surface area contributed by atoms with Crippen LogP contribution in [0.3, 0.4) is 0 Å². The van der Waals surface area contributed by atoms with E-state index >= 15 is 0 Å². The standard InChI is InChI=1S/C24H31ClF6N4O2/c25-17-4-3-16(19(12-17)34-9-5-15(6-10-34)18-2-1-7-33-18)14-35-11-8-32-13-20(35)21(36)37-22(23(26,27)28)24(29,30)31/h3-4,12,15,18,20,22,32-33H,1-2,5-11,13-14H2. The summed E-state index contributed by atoms with van der Waals surface area (Å²) in [6.45, 7) is 3.37. The summed E-state index contributed by atoms with van der Waals surface area (Å²) in [4.78, 5) is 16.3. The molecule has 1 aromatic rings. The molecule has 6 nitrogen and oxygen atoms in total. The number of ether oxygens (including phenoxy) is 1. The highest BCUT2D eigenvalue weighted by Crippen LogP contribution is 2.37. The molecule has 0 spiro atoms. The topological polar surface area (TPSA) is 56.8 Å². The van der Waals surface area contributed by atoms with E-state index < -0.39 is 30.5 Å². The zero-order chi connectivity index (χ0) is 26.8. The van der Waals surface area contributed by atoms with Crippen molar-refractivity contribution in [2.75, 3.05) is 44.2 Å². The summed E-state index contributed by atoms with van der Waals surface area (Å²) in [6, 6.07) is 4.54. The average Bonchev–Trinajstić information content (AvgIpc) is 3.38. The van der Waals surface area contributed by atoms with Crippen molar-refractivity contribution < 1.29 is 35.9 Å². The fourth-order valence-corrected chi connectivity index (χ4v) is 5.69. The Morgan fingerprint density at radius 3 is 2.38 bits per heavy atom. The van der Waals surface area contributed by atoms with E-state index in [1.165, 1.54) is 12.8 Å². The minimum atomic E-state index is -5.76. The first-order valence-electron chi connectivity index (χ1n) is 12.5. The zero-order valence-electron chi connectivity index (χ0n) is 20.2. The molecule has 3 saturated heterocycles. The third-order valence-corrected chi connectivity index (χ3v) is 7.66. The van der Waals surface area contributed by atoms with Gasteiger partial charge in [-0.3, -0.25) is 9.69 Å². The Kier molecular flexibility index (Phi) is 8.82. The van der Waals surface area contributed by atoms with Crippen LogP contribution < -0.4 is 15.5 Å². The predicted octanol–water partition coefficient (Wildman–Crippen LogP) is 4.12. The van der Waals surface area contributed by atoms with Crippen LogP contribution in [-0.4, -0.2) is 80.7 Å². The number of piperazine rings is 1. The van der Waals surface area contributed by atoms with Gasteiger partial charge in [-0.15, -0.1) is 0 Å². The van der Waals surface area contributed by atoms with Crippen LogP contribution in [0, 0.1) is 5.92 Å². The molecule has 3 aliphatic rings. The molecule has 208 valence electrons. The van der Waals surface area contributed by atoms with E-state index in [1.807, 2.05) is 6.07 Å². The molecule has 1 aromatic carbocycles. The van der Waals surface area contributed by atoms with Crippen molar-refractivity contribution in [3.63, 3.8) is 0 Å². The van der Waals surface area contributed by atoms with Gasteiger partial charge < -0.3 is 20.3 Å². The van der Waals surface area contributed by atoms with E-state index in [4.69, 9.17) is 11.6 Å². The van der Waals surface area contributed by atoms with Crippen molar-refractivity contribution in [1.82, 2.24) is 15.5 Å². The lowest BCUT2D eigenvalue weighted by Crippen LogP contribution is -2.57. The van der Waals surface area contributed by atoms with Gasteiger partial charge in [0.2, 0.25) is 0 Å². The molecule has 0 bridgehead atoms. The fraction of sp³-hybridized carbons (Fsp3) is 0.708. The zero-order valence-corrected chi connectivity index (χ0v) is 20.9. The number of nitrogens with one attached hydrogen (secondary N) is 2. The lowest BCUT2D eigenvalue weighted by atomic mass is 9.88. The lowest BCUT2D eigenvalue weighted by molar-refractivity contribution is -0.314. The molecule has 3 heterocycles. The summed E-state index contributed by atoms with van der Waals surface area (Å²) in [6.07, 6.45) is -11.3. The Bertz CT molecular complexity index is 919. The van der Waals surface area contributed by atoms with Gasteiger partial charge in [0, 0.05) is 56.0 Å². The van der Waals surface area contributed by atoms with E-state index in [0.717, 1.165) is 43.7 Å². The molecular weight excluding hydrogens is 526 g/mol. The summed E-state index contributed by atoms with van der Waals surface area (Å²) < 4.78 is 81.8. The number of carbonyl (C=O) groups excluding carboxylic acids is 1. The fourth-order valence-electron chi connectivity index (χ4n) is 5.52. The number of halogens is 7. The number of hydrogen-bond acceptors (Lipinski definition) is 6. The van der Waals surface area contributed by atoms with E-state index in [1.54, 1.807) is 17.0 Å². The van der Waals surface area contributed by atoms with Crippen LogP contribution in [0.2, 0.25) is 5.02 Å². The Hall–Kier alpha value is -1.76. The first kappa shape index (κ1) is 28.3. The quantitative estimate of drug-likeness (QED) is 0.406. The summed E-state index contributed by atoms with van der Waals surface area (Å²) in [5.41, 5.74) is 1.66. The molecule has 37 heavy (non-hydrogen) atoms. The number of nitrogens with zero attached hydrogens (tertiary/aromatic N) is 2. The number of alkyl halides is 6. The molecule has 3 fully saturated rings. The molecule has 0 aliphatic carbocycles. The number of benzene rings is 1. The summed E-state index contributed by atoms with van der Waals surface area (Å²) in [7, 11) is 0. The van der Waals surface area contributed by atoms with Crippen LogP contribution >= 0.6 is 11.6 Å². The number of esters is 1. The largest absolute Gasteiger partial charge is 0.442 e. The van der Waals surface area contributed by atoms with Gasteiger partial charge in [-0.1, -0.05) is 17.7 Å². The molecule has 0 amide bonds. The van der Waals surface area contributed by atoms with Gasteiger partial charge in [-0.05, 0) is 55.8 Å². The van der Waals surface area contributed by atoms with Crippen LogP contribution in [0.4, 0.5) is 32.0 Å². The average molecular weight is 557 g/mol. The van der Waals surface area contributed by atoms with E-state index in [2.05, 4.69) is 20.3 Å². The van der Waals surface area contributed by atoms with Crippen LogP contribution in [-0.2, 0) is 16.1 Å². The summed E-state index contributed by atoms with van der Waals surface area (Å²) >= 11 is 6.29. The van der Waals surface area contributed by atoms with Crippen LogP contribution in [0.1, 0.15) is 31.2 Å². The van der Waals surface area contributed by atoms with Gasteiger partial charge in [0.15, 0.2) is 0 Å². The Balaban J connectivity index is 1.47. The second kappa shape index (κ2) is 11.5. The Morgan fingerprint density at radius 1 is 1.05 bits per heavy atom. The van der Waals surface area contributed by atoms with Crippen molar-refractivity contribution in [2.45, 2.75) is 62.8 Å². The second-order valence-electron chi connectivity index (χ2n) is 9.89. The van der Waals surface area contributed by atoms with Crippen molar-refractivity contribution in [3.8, 4) is 0 Å². The molecule has 0 saturated carbocycles. The molecule has 3 aliphatic heterocycles. The van der Waals surface area contributed by atoms with Gasteiger partial charge in [0.25, 0.3) is 6.10 Å². The molecule has 13 heteroatoms. The number of hydrogen-bond donors (Lipinski definition) is 2. The SMILES string of the molecule is O=C(OC(C(F)(F)F)C(F)(F)F)C1CNCCN1Cc1ccc(Cl)cc1N1CCC(C2CCCN2)CC1. The third kappa shape index (κ3) is 7.01. The van der Waals surface area contributed by atoms with Crippen LogP contribution in [0.5, 0.6) is 0 Å². The van der Waals surface area contributed by atoms with Crippen molar-refractivity contribution in [2.24, 2.45) is 5.92 Å². The lowest BCUT2D eigenvalue weighted by Gasteiger charge is -2.39. The van der Waals surface area contributed by atoms with Crippen molar-refractivity contribution in [3.05, 3.63) is 28.8 Å². The Morgan fingerprint density at radius 2 is 1.76 bits per heavy atom. The van der Waals surface area contributed by atoms with Crippen molar-refractivity contribution in [1.29, 1.82) is 0 Å². The van der Waals surface area contributed by atoms with Gasteiger partial charge in [-0.25, -0.2) is 0 Å². The smallest absolute Gasteiger partial charge is 0.434 e. The maximum absolute atomic E-state index is 13.0. The van der Waals surface area contributed by atoms with Gasteiger partial charge in [0.1, 0.15) is 6.04 Å². The number of rotatable bonds is 6. The van der Waals surface area contributed by atoms with E-state index in [-0.39, 0.29) is 19.6 Å². The van der Waals surface area contributed by atoms with Gasteiger partial charge >= 0.3 is 18.3 Å². The minimum absolute atomic E-state index is 0.121. The summed E-state index contributed by atoms with van der Waals surface area (Å²) in [5, 5.41) is 6.95. The maximum Gasteiger partial charge on any atom is 0.434 e. The molecular formula is C24H31ClF6N4O2. The molecule has 4 rings (SSSR count). The van der Waals surface area contributed by atoms with E-state index in [0.29, 0.717) is 23.5 Å². The molecule has 0 radical (unpaired) electrons. The Labute approximate surface area is 216 Å². The highest BCUT2D eigenvalue weighted by atomic mass is 35.5. The van der Waals surface area contributed by atoms with Crippen LogP contribution in [0.15, 0.2) is 18.2 Å². The number of anilines is 1. The highest BCUT2D eigenvalue weighted by Gasteiger charge is 2.60. The van der Waals surface area contributed by atoms with Crippen LogP contribution in [0.25, 0.3) is 0 Å². The molecule has 0 aromatic heterocycles. The second-order valence-corrected chi connectivity index (χ2v) is 10.3. The third-order valence-electron chi connectivity index (χ3n) is 7.42. The molecule has 2 atom stereocenters. The maximum atomic E-state index is 13.0. The first-order chi connectivity index (χ1) is 17.4. The van der Waals surface area contributed by atoms with Gasteiger partial charge in [0.05, 0.1) is 0 Å².